The smallest absolute Gasteiger partial charge is 0.163 e. The van der Waals surface area contributed by atoms with Crippen LogP contribution in [0.3, 0.4) is 0 Å². The van der Waals surface area contributed by atoms with Gasteiger partial charge in [0.1, 0.15) is 5.82 Å². The zero-order chi connectivity index (χ0) is 41.4. The van der Waals surface area contributed by atoms with Crippen LogP contribution in [0, 0.1) is 19.8 Å². The minimum absolute atomic E-state index is 0. The molecule has 1 aliphatic carbocycles. The van der Waals surface area contributed by atoms with Gasteiger partial charge in [0.05, 0.1) is 0 Å². The van der Waals surface area contributed by atoms with Gasteiger partial charge < -0.3 is 0 Å². The highest BCUT2D eigenvalue weighted by atomic mass is 15.0. The molecule has 0 fully saturated rings. The van der Waals surface area contributed by atoms with E-state index < -0.39 is 0 Å². The predicted molar refractivity (Wildman–Crippen MR) is 258 cm³/mol. The summed E-state index contributed by atoms with van der Waals surface area (Å²) < 4.78 is 0. The third-order valence-corrected chi connectivity index (χ3v) is 10.0. The predicted octanol–water partition coefficient (Wildman–Crippen LogP) is 14.7. The summed E-state index contributed by atoms with van der Waals surface area (Å²) in [7, 11) is 0. The van der Waals surface area contributed by atoms with Crippen molar-refractivity contribution in [3.8, 4) is 69.0 Å². The summed E-state index contributed by atoms with van der Waals surface area (Å²) in [5.41, 5.74) is 12.3. The first-order valence-electron chi connectivity index (χ1n) is 20.3. The molecule has 4 nitrogen and oxygen atoms in total. The van der Waals surface area contributed by atoms with Gasteiger partial charge in [-0.05, 0) is 100 Å². The zero-order valence-electron chi connectivity index (χ0n) is 34.4. The molecule has 7 aromatic rings. The highest BCUT2D eigenvalue weighted by Crippen LogP contribution is 2.37. The van der Waals surface area contributed by atoms with Crippen molar-refractivity contribution in [1.29, 1.82) is 0 Å². The summed E-state index contributed by atoms with van der Waals surface area (Å²) in [5.74, 6) is 2.02. The first-order chi connectivity index (χ1) is 29.1. The molecule has 0 spiro atoms. The number of nitrogens with zero attached hydrogens (tertiary/aromatic N) is 4. The summed E-state index contributed by atoms with van der Waals surface area (Å²) in [4.78, 5) is 19.8. The lowest BCUT2D eigenvalue weighted by Crippen LogP contribution is -2.03. The Bertz CT molecular complexity index is 2680. The fraction of sp³-hybridized carbons (Fsp3) is 0.143. The van der Waals surface area contributed by atoms with Crippen LogP contribution in [0.4, 0.5) is 0 Å². The number of terminal acetylenes is 1. The second kappa shape index (κ2) is 22.1. The summed E-state index contributed by atoms with van der Waals surface area (Å²) >= 11 is 0. The highest BCUT2D eigenvalue weighted by Gasteiger charge is 2.17. The molecule has 2 aromatic heterocycles. The van der Waals surface area contributed by atoms with Crippen molar-refractivity contribution in [1.82, 2.24) is 19.9 Å². The molecule has 0 unspecified atom stereocenters. The van der Waals surface area contributed by atoms with Crippen LogP contribution in [0.15, 0.2) is 176 Å². The Morgan fingerprint density at radius 3 is 1.95 bits per heavy atom. The van der Waals surface area contributed by atoms with Crippen LogP contribution >= 0.6 is 0 Å². The molecule has 1 aliphatic rings. The van der Waals surface area contributed by atoms with Gasteiger partial charge in [0.2, 0.25) is 0 Å². The van der Waals surface area contributed by atoms with Gasteiger partial charge in [0.25, 0.3) is 0 Å². The van der Waals surface area contributed by atoms with Gasteiger partial charge in [-0.1, -0.05) is 173 Å². The Morgan fingerprint density at radius 1 is 0.583 bits per heavy atom. The molecule has 0 radical (unpaired) electrons. The Labute approximate surface area is 357 Å². The molecule has 0 aliphatic heterocycles. The number of aryl methyl sites for hydroxylation is 2. The van der Waals surface area contributed by atoms with Crippen LogP contribution in [-0.4, -0.2) is 19.9 Å². The summed E-state index contributed by atoms with van der Waals surface area (Å²) in [6.07, 6.45) is 27.3. The fourth-order valence-corrected chi connectivity index (χ4v) is 7.19. The molecular formula is C56H54N4. The van der Waals surface area contributed by atoms with E-state index in [0.717, 1.165) is 57.6 Å². The number of allylic oxidation sites excluding steroid dienone is 5. The fourth-order valence-electron chi connectivity index (χ4n) is 7.19. The lowest BCUT2D eigenvalue weighted by atomic mass is 9.89. The van der Waals surface area contributed by atoms with Gasteiger partial charge in [-0.2, -0.15) is 0 Å². The van der Waals surface area contributed by atoms with Crippen molar-refractivity contribution in [2.45, 2.75) is 54.4 Å². The van der Waals surface area contributed by atoms with Crippen LogP contribution in [0.5, 0.6) is 0 Å². The third kappa shape index (κ3) is 10.4. The van der Waals surface area contributed by atoms with Crippen molar-refractivity contribution in [3.63, 3.8) is 0 Å². The van der Waals surface area contributed by atoms with E-state index in [1.54, 1.807) is 0 Å². The van der Waals surface area contributed by atoms with E-state index in [0.29, 0.717) is 18.1 Å². The molecule has 0 saturated heterocycles. The minimum Gasteiger partial charge on any atom is -0.264 e. The average molecular weight is 783 g/mol. The molecule has 0 N–H and O–H groups in total. The van der Waals surface area contributed by atoms with Gasteiger partial charge in [-0.3, -0.25) is 4.98 Å². The second-order valence-corrected chi connectivity index (χ2v) is 13.7. The maximum atomic E-state index is 5.10. The van der Waals surface area contributed by atoms with Gasteiger partial charge in [-0.25, -0.2) is 15.0 Å². The summed E-state index contributed by atoms with van der Waals surface area (Å²) in [6.45, 7) is 8.18. The van der Waals surface area contributed by atoms with Gasteiger partial charge in [0.15, 0.2) is 11.6 Å². The Morgan fingerprint density at radius 2 is 1.20 bits per heavy atom. The molecule has 60 heavy (non-hydrogen) atoms. The van der Waals surface area contributed by atoms with Crippen molar-refractivity contribution in [2.24, 2.45) is 0 Å². The van der Waals surface area contributed by atoms with Crippen LogP contribution in [-0.2, 0) is 12.8 Å². The van der Waals surface area contributed by atoms with Gasteiger partial charge in [0, 0.05) is 35.5 Å². The highest BCUT2D eigenvalue weighted by molar-refractivity contribution is 5.97. The number of fused-ring (bicyclic) bond motifs is 2. The van der Waals surface area contributed by atoms with E-state index in [4.69, 9.17) is 19.9 Å². The molecule has 298 valence electrons. The normalized spacial score (nSPS) is 11.4. The van der Waals surface area contributed by atoms with Crippen molar-refractivity contribution < 1.29 is 0 Å². The SMILES string of the molecule is C.C#C.C/C=C\C=C/Cc1nc(-c2ccccc2)nc(-c2cc(-c3ccc(-c4ccccccc(C)c5ccccc45)cc3)cc(-c3cncc4c3C=CCC4)c2)n1.CC. The molecule has 5 aromatic carbocycles. The van der Waals surface area contributed by atoms with E-state index in [9.17, 15) is 0 Å². The topological polar surface area (TPSA) is 51.6 Å². The molecule has 4 heteroatoms. The van der Waals surface area contributed by atoms with E-state index in [-0.39, 0.29) is 7.43 Å². The number of rotatable bonds is 8. The molecule has 0 amide bonds. The molecule has 2 heterocycles. The van der Waals surface area contributed by atoms with Gasteiger partial charge in [-0.15, -0.1) is 12.8 Å². The largest absolute Gasteiger partial charge is 0.264 e. The maximum absolute atomic E-state index is 5.10. The van der Waals surface area contributed by atoms with E-state index in [1.165, 1.54) is 33.0 Å². The van der Waals surface area contributed by atoms with E-state index >= 15 is 0 Å². The Balaban J connectivity index is 0.00000133. The molecular weight excluding hydrogens is 729 g/mol. The van der Waals surface area contributed by atoms with Crippen LogP contribution < -0.4 is 0 Å². The minimum atomic E-state index is 0. The first kappa shape index (κ1) is 43.9. The van der Waals surface area contributed by atoms with Crippen LogP contribution in [0.1, 0.15) is 57.1 Å². The molecule has 0 bridgehead atoms. The Kier molecular flexibility index (Phi) is 16.1. The monoisotopic (exact) mass is 782 g/mol. The number of pyridine rings is 1. The quantitative estimate of drug-likeness (QED) is 0.114. The zero-order valence-corrected chi connectivity index (χ0v) is 34.4. The molecule has 8 rings (SSSR count). The van der Waals surface area contributed by atoms with E-state index in [1.807, 2.05) is 81.7 Å². The van der Waals surface area contributed by atoms with Crippen LogP contribution in [0.2, 0.25) is 0 Å². The third-order valence-electron chi connectivity index (χ3n) is 10.0. The summed E-state index contributed by atoms with van der Waals surface area (Å²) in [5, 5.41) is 2.44. The van der Waals surface area contributed by atoms with Gasteiger partial charge >= 0.3 is 0 Å². The average Bonchev–Trinajstić information content (AvgIpc) is 3.31. The lowest BCUT2D eigenvalue weighted by Gasteiger charge is -2.17. The standard InChI is InChI=1S/C51H42N4.C2H6.C2H2.CH4/c1-3-4-5-13-26-49-53-50(39-19-10-8-11-20-39)55-51(54-49)43-32-41(31-42(33-43)48-35-52-34-40-21-14-15-24-46(40)48)37-27-29-38(30-28-37)45-23-12-7-6-9-18-36(2)44-22-16-17-25-47(44)45;2*1-2;/h3-13,15-20,22-25,27-35H,14,21,26H2,1-2H3;1-2H3;1-2H;1H4/b4-3-,7-6?,9-6?,12-7?,13-5-,18-9?,23-12?,36-18?,44-36?,45-23?,47-45?;;;. The number of hydrogen-bond donors (Lipinski definition) is 0. The van der Waals surface area contributed by atoms with Crippen LogP contribution in [0.25, 0.3) is 73.0 Å². The first-order valence-corrected chi connectivity index (χ1v) is 20.3. The van der Waals surface area contributed by atoms with E-state index in [2.05, 4.69) is 141 Å². The molecule has 0 saturated carbocycles. The lowest BCUT2D eigenvalue weighted by molar-refractivity contribution is 0.947. The number of benzene rings is 4. The van der Waals surface area contributed by atoms with Crippen molar-refractivity contribution in [2.75, 3.05) is 0 Å². The second-order valence-electron chi connectivity index (χ2n) is 13.7. The molecule has 0 atom stereocenters. The number of aromatic nitrogens is 4. The number of hydrogen-bond acceptors (Lipinski definition) is 4. The van der Waals surface area contributed by atoms with Crippen molar-refractivity contribution >= 4 is 16.8 Å². The Hall–Kier alpha value is -7.22. The maximum Gasteiger partial charge on any atom is 0.163 e. The van der Waals surface area contributed by atoms with Crippen molar-refractivity contribution in [3.05, 3.63) is 199 Å². The summed E-state index contributed by atoms with van der Waals surface area (Å²) in [6, 6.07) is 47.2.